The van der Waals surface area contributed by atoms with Crippen LogP contribution in [0, 0.1) is 22.5 Å². The van der Waals surface area contributed by atoms with Crippen LogP contribution >= 0.6 is 30.5 Å². The lowest BCUT2D eigenvalue weighted by atomic mass is 9.97. The number of amides is 1. The first-order chi connectivity index (χ1) is 20.3. The van der Waals surface area contributed by atoms with E-state index in [0.29, 0.717) is 15.0 Å². The Balaban J connectivity index is 2.15. The highest BCUT2D eigenvalue weighted by Crippen LogP contribution is 2.60. The minimum atomic E-state index is -5.31. The number of nitrogens with zero attached hydrogens (tertiary/aromatic N) is 1. The Morgan fingerprint density at radius 3 is 2.30 bits per heavy atom. The monoisotopic (exact) mass is 671 g/mol. The quantitative estimate of drug-likeness (QED) is 0.132. The highest BCUT2D eigenvalue weighted by Gasteiger charge is 2.47. The molecule has 44 heavy (non-hydrogen) atoms. The van der Waals surface area contributed by atoms with Crippen molar-refractivity contribution in [3.05, 3.63) is 76.8 Å². The Hall–Kier alpha value is -3.15. The lowest BCUT2D eigenvalue weighted by Gasteiger charge is -2.30. The molecule has 1 N–H and O–H groups in total. The minimum Gasteiger partial charge on any atom is -0.459 e. The third-order valence-corrected chi connectivity index (χ3v) is 9.00. The van der Waals surface area contributed by atoms with E-state index in [-0.39, 0.29) is 10.6 Å². The lowest BCUT2D eigenvalue weighted by Crippen LogP contribution is -2.36. The molecule has 3 rings (SSSR count). The molecule has 2 aromatic carbocycles. The van der Waals surface area contributed by atoms with Gasteiger partial charge in [0.25, 0.3) is 5.91 Å². The summed E-state index contributed by atoms with van der Waals surface area (Å²) in [4.78, 5) is 51.4. The zero-order chi connectivity index (χ0) is 33.2. The summed E-state index contributed by atoms with van der Waals surface area (Å²) in [7, 11) is -5.31. The van der Waals surface area contributed by atoms with Crippen LogP contribution in [0.4, 0.5) is 14.5 Å². The number of carbonyl (C=O) groups excluding carboxylic acids is 3. The lowest BCUT2D eigenvalue weighted by molar-refractivity contribution is -0.187. The van der Waals surface area contributed by atoms with Gasteiger partial charge in [-0.15, -0.1) is 11.3 Å². The number of rotatable bonds is 10. The van der Waals surface area contributed by atoms with Gasteiger partial charge in [-0.25, -0.2) is 8.78 Å². The molecule has 9 nitrogen and oxygen atoms in total. The Bertz CT molecular complexity index is 1630. The number of anilines is 1. The standard InChI is InChI=1S/C30H33ClF2NO8PS/c1-8-34(22-14-18(32)10-11-21(22)33)26(35)25(20-16-44-23-12-9-17(31)13-19(20)23)43(38,39)42-24(41-28(37)30(5,6)7)15-40-27(36)29(2,3)4/h8-14,16,24-25H,1,15H2,2-7H3,(H,38,39). The number of halogens is 3. The first-order valence-electron chi connectivity index (χ1n) is 13.2. The number of hydrogen-bond donors (Lipinski definition) is 1. The van der Waals surface area contributed by atoms with Crippen molar-refractivity contribution in [3.8, 4) is 0 Å². The van der Waals surface area contributed by atoms with Crippen LogP contribution in [0.2, 0.25) is 5.02 Å². The molecule has 0 saturated heterocycles. The van der Waals surface area contributed by atoms with Crippen LogP contribution in [0.1, 0.15) is 52.8 Å². The van der Waals surface area contributed by atoms with Crippen molar-refractivity contribution < 1.29 is 46.6 Å². The van der Waals surface area contributed by atoms with Gasteiger partial charge in [0.1, 0.15) is 11.6 Å². The summed E-state index contributed by atoms with van der Waals surface area (Å²) in [6.45, 7) is 12.0. The first-order valence-corrected chi connectivity index (χ1v) is 16.1. The van der Waals surface area contributed by atoms with Gasteiger partial charge in [0.05, 0.1) is 16.5 Å². The molecule has 1 aromatic heterocycles. The van der Waals surface area contributed by atoms with Gasteiger partial charge >= 0.3 is 19.5 Å². The van der Waals surface area contributed by atoms with E-state index in [1.807, 2.05) is 0 Å². The van der Waals surface area contributed by atoms with Crippen molar-refractivity contribution in [2.75, 3.05) is 11.5 Å². The van der Waals surface area contributed by atoms with Crippen molar-refractivity contribution in [2.24, 2.45) is 10.8 Å². The molecular weight excluding hydrogens is 639 g/mol. The van der Waals surface area contributed by atoms with E-state index in [1.54, 1.807) is 32.9 Å². The molecular formula is C30H33ClF2NO8PS. The van der Waals surface area contributed by atoms with Crippen LogP contribution in [0.15, 0.2) is 54.6 Å². The summed E-state index contributed by atoms with van der Waals surface area (Å²) in [5, 5.41) is 1.99. The van der Waals surface area contributed by atoms with E-state index in [1.165, 1.54) is 32.2 Å². The summed E-state index contributed by atoms with van der Waals surface area (Å²) in [6.07, 6.45) is -1.08. The maximum Gasteiger partial charge on any atom is 0.348 e. The van der Waals surface area contributed by atoms with Crippen LogP contribution < -0.4 is 4.90 Å². The summed E-state index contributed by atoms with van der Waals surface area (Å²) in [6, 6.07) is 7.02. The molecule has 0 aliphatic heterocycles. The number of thiophene rings is 1. The van der Waals surface area contributed by atoms with E-state index < -0.39 is 72.1 Å². The maximum atomic E-state index is 14.8. The van der Waals surface area contributed by atoms with E-state index in [9.17, 15) is 32.6 Å². The van der Waals surface area contributed by atoms with Crippen molar-refractivity contribution >= 4 is 64.2 Å². The molecule has 238 valence electrons. The summed E-state index contributed by atoms with van der Waals surface area (Å²) in [5.74, 6) is -4.71. The second kappa shape index (κ2) is 13.5. The largest absolute Gasteiger partial charge is 0.459 e. The minimum absolute atomic E-state index is 0.0282. The molecule has 1 amide bonds. The Morgan fingerprint density at radius 1 is 1.07 bits per heavy atom. The van der Waals surface area contributed by atoms with Crippen molar-refractivity contribution in [2.45, 2.75) is 53.5 Å². The Kier molecular flexibility index (Phi) is 10.8. The predicted octanol–water partition coefficient (Wildman–Crippen LogP) is 7.76. The van der Waals surface area contributed by atoms with Gasteiger partial charge in [-0.1, -0.05) is 18.2 Å². The van der Waals surface area contributed by atoms with Gasteiger partial charge in [0.15, 0.2) is 12.3 Å². The van der Waals surface area contributed by atoms with Gasteiger partial charge in [-0.2, -0.15) is 0 Å². The van der Waals surface area contributed by atoms with E-state index in [4.69, 9.17) is 25.6 Å². The number of fused-ring (bicyclic) bond motifs is 1. The van der Waals surface area contributed by atoms with E-state index >= 15 is 0 Å². The molecule has 0 aliphatic rings. The van der Waals surface area contributed by atoms with Crippen molar-refractivity contribution in [1.82, 2.24) is 0 Å². The fourth-order valence-corrected chi connectivity index (χ4v) is 6.53. The highest BCUT2D eigenvalue weighted by molar-refractivity contribution is 7.54. The topological polar surface area (TPSA) is 119 Å². The zero-order valence-corrected chi connectivity index (χ0v) is 27.4. The summed E-state index contributed by atoms with van der Waals surface area (Å²) < 4.78 is 59.7. The molecule has 0 saturated carbocycles. The molecule has 0 radical (unpaired) electrons. The van der Waals surface area contributed by atoms with Gasteiger partial charge in [0.2, 0.25) is 6.29 Å². The Labute approximate surface area is 262 Å². The van der Waals surface area contributed by atoms with Gasteiger partial charge < -0.3 is 14.4 Å². The van der Waals surface area contributed by atoms with Gasteiger partial charge in [0, 0.05) is 22.0 Å². The first kappa shape index (κ1) is 35.3. The van der Waals surface area contributed by atoms with Crippen LogP contribution in [-0.4, -0.2) is 35.6 Å². The third-order valence-electron chi connectivity index (χ3n) is 6.09. The van der Waals surface area contributed by atoms with Crippen LogP contribution in [0.3, 0.4) is 0 Å². The molecule has 0 aliphatic carbocycles. The van der Waals surface area contributed by atoms with Crippen molar-refractivity contribution in [1.29, 1.82) is 0 Å². The number of hydrogen-bond acceptors (Lipinski definition) is 8. The number of carbonyl (C=O) groups is 3. The van der Waals surface area contributed by atoms with E-state index in [0.717, 1.165) is 35.7 Å². The molecule has 14 heteroatoms. The third kappa shape index (κ3) is 8.31. The Morgan fingerprint density at radius 2 is 1.70 bits per heavy atom. The molecule has 3 atom stereocenters. The predicted molar refractivity (Wildman–Crippen MR) is 164 cm³/mol. The smallest absolute Gasteiger partial charge is 0.348 e. The molecule has 3 aromatic rings. The maximum absolute atomic E-state index is 14.8. The average Bonchev–Trinajstić information content (AvgIpc) is 3.30. The summed E-state index contributed by atoms with van der Waals surface area (Å²) >= 11 is 7.32. The molecule has 0 bridgehead atoms. The fourth-order valence-electron chi connectivity index (χ4n) is 3.76. The molecule has 3 unspecified atom stereocenters. The fraction of sp³-hybridized carbons (Fsp3) is 0.367. The second-order valence-electron chi connectivity index (χ2n) is 11.8. The second-order valence-corrected chi connectivity index (χ2v) is 15.0. The van der Waals surface area contributed by atoms with Crippen molar-refractivity contribution in [3.63, 3.8) is 0 Å². The van der Waals surface area contributed by atoms with Crippen LogP contribution in [0.25, 0.3) is 10.1 Å². The van der Waals surface area contributed by atoms with Gasteiger partial charge in [-0.3, -0.25) is 28.4 Å². The zero-order valence-electron chi connectivity index (χ0n) is 24.9. The molecule has 0 spiro atoms. The van der Waals surface area contributed by atoms with Crippen LogP contribution in [-0.2, 0) is 32.9 Å². The van der Waals surface area contributed by atoms with E-state index in [2.05, 4.69) is 6.58 Å². The molecule has 1 heterocycles. The number of esters is 2. The van der Waals surface area contributed by atoms with Crippen LogP contribution in [0.5, 0.6) is 0 Å². The SMILES string of the molecule is C=CN(C(=O)C(c1csc2ccc(Cl)cc12)P(=O)(O)OC(COC(=O)C(C)(C)C)OC(=O)C(C)(C)C)c1cc(F)ccc1F. The summed E-state index contributed by atoms with van der Waals surface area (Å²) in [5.41, 5.74) is -4.78. The average molecular weight is 672 g/mol. The highest BCUT2D eigenvalue weighted by atomic mass is 35.5. The number of ether oxygens (including phenoxy) is 2. The number of benzene rings is 2. The normalized spacial score (nSPS) is 14.8. The molecule has 0 fully saturated rings. The van der Waals surface area contributed by atoms with Gasteiger partial charge in [-0.05, 0) is 88.2 Å².